The van der Waals surface area contributed by atoms with Crippen molar-refractivity contribution in [2.24, 2.45) is 0 Å². The normalized spacial score (nSPS) is 28.7. The summed E-state index contributed by atoms with van der Waals surface area (Å²) in [5.74, 6) is 0.0279. The molecule has 23 heavy (non-hydrogen) atoms. The molecule has 2 aliphatic heterocycles. The lowest BCUT2D eigenvalue weighted by atomic mass is 9.96. The Morgan fingerprint density at radius 2 is 1.96 bits per heavy atom. The summed E-state index contributed by atoms with van der Waals surface area (Å²) in [5.41, 5.74) is 0.741. The van der Waals surface area contributed by atoms with Crippen LogP contribution in [0.3, 0.4) is 0 Å². The predicted molar refractivity (Wildman–Crippen MR) is 92.1 cm³/mol. The molecule has 3 N–H and O–H groups in total. The zero-order valence-corrected chi connectivity index (χ0v) is 14.3. The molecule has 2 heterocycles. The van der Waals surface area contributed by atoms with Crippen LogP contribution < -0.4 is 10.6 Å². The molecule has 1 aromatic rings. The van der Waals surface area contributed by atoms with Crippen LogP contribution in [0.4, 0.5) is 5.69 Å². The number of benzene rings is 1. The number of amides is 1. The topological polar surface area (TPSA) is 64.6 Å². The van der Waals surface area contributed by atoms with Crippen molar-refractivity contribution in [1.29, 1.82) is 0 Å². The van der Waals surface area contributed by atoms with Crippen molar-refractivity contribution in [2.75, 3.05) is 25.0 Å². The number of aliphatic hydroxyl groups is 1. The van der Waals surface area contributed by atoms with Gasteiger partial charge in [0.05, 0.1) is 12.1 Å². The summed E-state index contributed by atoms with van der Waals surface area (Å²) in [6.45, 7) is 2.13. The van der Waals surface area contributed by atoms with Gasteiger partial charge in [-0.1, -0.05) is 23.2 Å². The Hall–Kier alpha value is -1.01. The number of nitrogens with zero attached hydrogens (tertiary/aromatic N) is 1. The molecular formula is C16H21Cl2N3O2. The van der Waals surface area contributed by atoms with Crippen molar-refractivity contribution in [1.82, 2.24) is 10.2 Å². The molecule has 3 atom stereocenters. The van der Waals surface area contributed by atoms with Gasteiger partial charge in [0.25, 0.3) is 0 Å². The Balaban J connectivity index is 1.71. The molecule has 0 radical (unpaired) electrons. The van der Waals surface area contributed by atoms with Crippen molar-refractivity contribution in [3.05, 3.63) is 28.2 Å². The van der Waals surface area contributed by atoms with Gasteiger partial charge < -0.3 is 20.6 Å². The summed E-state index contributed by atoms with van der Waals surface area (Å²) >= 11 is 12.0. The highest BCUT2D eigenvalue weighted by Crippen LogP contribution is 2.26. The van der Waals surface area contributed by atoms with Gasteiger partial charge in [-0.2, -0.15) is 0 Å². The van der Waals surface area contributed by atoms with Gasteiger partial charge in [0, 0.05) is 28.8 Å². The summed E-state index contributed by atoms with van der Waals surface area (Å²) in [5, 5.41) is 17.8. The van der Waals surface area contributed by atoms with Gasteiger partial charge in [0.2, 0.25) is 5.91 Å². The number of rotatable bonds is 3. The van der Waals surface area contributed by atoms with Crippen LogP contribution in [-0.4, -0.2) is 53.7 Å². The largest absolute Gasteiger partial charge is 0.391 e. The molecule has 1 aromatic carbocycles. The number of anilines is 1. The first-order chi connectivity index (χ1) is 11.0. The fourth-order valence-electron chi connectivity index (χ4n) is 3.35. The molecular weight excluding hydrogens is 337 g/mol. The minimum atomic E-state index is -0.459. The van der Waals surface area contributed by atoms with Crippen LogP contribution >= 0.6 is 23.2 Å². The lowest BCUT2D eigenvalue weighted by Gasteiger charge is -2.42. The van der Waals surface area contributed by atoms with Crippen molar-refractivity contribution < 1.29 is 9.90 Å². The van der Waals surface area contributed by atoms with Crippen molar-refractivity contribution in [3.63, 3.8) is 0 Å². The predicted octanol–water partition coefficient (Wildman–Crippen LogP) is 2.12. The number of aliphatic hydroxyl groups excluding tert-OH is 1. The van der Waals surface area contributed by atoms with Gasteiger partial charge in [0.1, 0.15) is 6.04 Å². The number of carbonyl (C=O) groups excluding carboxylic acids is 1. The van der Waals surface area contributed by atoms with Crippen molar-refractivity contribution >= 4 is 34.8 Å². The maximum Gasteiger partial charge on any atom is 0.245 e. The van der Waals surface area contributed by atoms with Crippen molar-refractivity contribution in [3.8, 4) is 0 Å². The number of nitrogens with one attached hydrogen (secondary N) is 2. The highest BCUT2D eigenvalue weighted by molar-refractivity contribution is 6.35. The molecule has 126 valence electrons. The van der Waals surface area contributed by atoms with E-state index >= 15 is 0 Å². The van der Waals surface area contributed by atoms with Crippen LogP contribution in [0.1, 0.15) is 19.3 Å². The van der Waals surface area contributed by atoms with E-state index in [1.165, 1.54) is 0 Å². The molecule has 2 saturated heterocycles. The zero-order valence-electron chi connectivity index (χ0n) is 12.8. The summed E-state index contributed by atoms with van der Waals surface area (Å²) < 4.78 is 0. The molecule has 3 unspecified atom stereocenters. The molecule has 0 spiro atoms. The van der Waals surface area contributed by atoms with Gasteiger partial charge in [-0.05, 0) is 44.0 Å². The molecule has 1 amide bonds. The first-order valence-corrected chi connectivity index (χ1v) is 8.72. The van der Waals surface area contributed by atoms with E-state index in [9.17, 15) is 9.90 Å². The smallest absolute Gasteiger partial charge is 0.245 e. The van der Waals surface area contributed by atoms with Crippen LogP contribution in [0.5, 0.6) is 0 Å². The minimum absolute atomic E-state index is 0.0279. The molecule has 0 saturated carbocycles. The quantitative estimate of drug-likeness (QED) is 0.775. The number of carbonyl (C=O) groups is 1. The van der Waals surface area contributed by atoms with Crippen LogP contribution in [0.2, 0.25) is 10.0 Å². The monoisotopic (exact) mass is 357 g/mol. The molecule has 5 nitrogen and oxygen atoms in total. The third-order valence-corrected chi connectivity index (χ3v) is 4.93. The van der Waals surface area contributed by atoms with Crippen LogP contribution in [0, 0.1) is 0 Å². The number of halogens is 2. The Morgan fingerprint density at radius 3 is 2.65 bits per heavy atom. The van der Waals surface area contributed by atoms with Gasteiger partial charge in [0.15, 0.2) is 0 Å². The molecule has 0 aromatic heterocycles. The maximum absolute atomic E-state index is 12.8. The Morgan fingerprint density at radius 1 is 1.22 bits per heavy atom. The molecule has 0 bridgehead atoms. The van der Waals surface area contributed by atoms with Crippen LogP contribution in [-0.2, 0) is 4.79 Å². The lowest BCUT2D eigenvalue weighted by Crippen LogP contribution is -2.60. The number of hydrogen-bond acceptors (Lipinski definition) is 4. The van der Waals surface area contributed by atoms with E-state index in [0.29, 0.717) is 29.6 Å². The standard InChI is InChI=1S/C16H21Cl2N3O2/c17-10-6-11(18)8-12(7-10)20-13-2-1-5-21(16(13)23)14-9-19-4-3-15(14)22/h6-8,13-15,19-20,22H,1-5,9H2. The maximum atomic E-state index is 12.8. The van der Waals surface area contributed by atoms with Crippen molar-refractivity contribution in [2.45, 2.75) is 37.5 Å². The average molecular weight is 358 g/mol. The van der Waals surface area contributed by atoms with Gasteiger partial charge in [-0.15, -0.1) is 0 Å². The van der Waals surface area contributed by atoms with E-state index in [4.69, 9.17) is 23.2 Å². The second-order valence-corrected chi connectivity index (χ2v) is 7.03. The fraction of sp³-hybridized carbons (Fsp3) is 0.562. The highest BCUT2D eigenvalue weighted by Gasteiger charge is 2.37. The third kappa shape index (κ3) is 3.91. The fourth-order valence-corrected chi connectivity index (χ4v) is 3.87. The summed E-state index contributed by atoms with van der Waals surface area (Å²) in [6, 6.07) is 4.72. The first kappa shape index (κ1) is 16.8. The number of hydrogen-bond donors (Lipinski definition) is 3. The van der Waals surface area contributed by atoms with E-state index in [1.54, 1.807) is 18.2 Å². The van der Waals surface area contributed by atoms with Gasteiger partial charge in [-0.25, -0.2) is 0 Å². The van der Waals surface area contributed by atoms with Gasteiger partial charge in [-0.3, -0.25) is 4.79 Å². The molecule has 3 rings (SSSR count). The first-order valence-electron chi connectivity index (χ1n) is 7.96. The average Bonchev–Trinajstić information content (AvgIpc) is 2.49. The van der Waals surface area contributed by atoms with E-state index in [1.807, 2.05) is 4.90 Å². The van der Waals surface area contributed by atoms with E-state index < -0.39 is 6.10 Å². The Bertz CT molecular complexity index is 564. The van der Waals surface area contributed by atoms with E-state index in [2.05, 4.69) is 10.6 Å². The summed E-state index contributed by atoms with van der Waals surface area (Å²) in [7, 11) is 0. The number of likely N-dealkylation sites (tertiary alicyclic amines) is 1. The van der Waals surface area contributed by atoms with Crippen LogP contribution in [0.25, 0.3) is 0 Å². The third-order valence-electron chi connectivity index (χ3n) is 4.49. The zero-order chi connectivity index (χ0) is 16.4. The van der Waals surface area contributed by atoms with Gasteiger partial charge >= 0.3 is 0 Å². The summed E-state index contributed by atoms with van der Waals surface area (Å²) in [6.07, 6.45) is 1.88. The van der Waals surface area contributed by atoms with E-state index in [-0.39, 0.29) is 18.0 Å². The highest BCUT2D eigenvalue weighted by atomic mass is 35.5. The minimum Gasteiger partial charge on any atom is -0.391 e. The molecule has 2 fully saturated rings. The second-order valence-electron chi connectivity index (χ2n) is 6.16. The molecule has 2 aliphatic rings. The molecule has 0 aliphatic carbocycles. The lowest BCUT2D eigenvalue weighted by molar-refractivity contribution is -0.140. The Labute approximate surface area is 145 Å². The Kier molecular flexibility index (Phi) is 5.31. The SMILES string of the molecule is O=C1C(Nc2cc(Cl)cc(Cl)c2)CCCN1C1CNCCC1O. The molecule has 7 heteroatoms. The van der Waals surface area contributed by atoms with E-state index in [0.717, 1.165) is 25.1 Å². The number of piperidine rings is 2. The summed E-state index contributed by atoms with van der Waals surface area (Å²) in [4.78, 5) is 14.6. The van der Waals surface area contributed by atoms with Crippen LogP contribution in [0.15, 0.2) is 18.2 Å². The second kappa shape index (κ2) is 7.26.